The van der Waals surface area contributed by atoms with E-state index < -0.39 is 10.2 Å². The van der Waals surface area contributed by atoms with Crippen molar-refractivity contribution in [2.24, 2.45) is 11.8 Å². The fourth-order valence-corrected chi connectivity index (χ4v) is 4.60. The van der Waals surface area contributed by atoms with Gasteiger partial charge >= 0.3 is 0 Å². The quantitative estimate of drug-likeness (QED) is 0.822. The van der Waals surface area contributed by atoms with Crippen LogP contribution in [0.2, 0.25) is 0 Å². The molecule has 1 saturated heterocycles. The second-order valence-electron chi connectivity index (χ2n) is 7.57. The highest BCUT2D eigenvalue weighted by Crippen LogP contribution is 2.27. The van der Waals surface area contributed by atoms with Crippen molar-refractivity contribution in [3.8, 4) is 0 Å². The molecule has 1 aromatic rings. The molecule has 1 amide bonds. The van der Waals surface area contributed by atoms with Crippen LogP contribution in [-0.2, 0) is 15.0 Å². The molecule has 0 aliphatic carbocycles. The molecule has 7 heteroatoms. The van der Waals surface area contributed by atoms with Crippen LogP contribution in [0.5, 0.6) is 0 Å². The molecular weight excluding hydrogens is 350 g/mol. The van der Waals surface area contributed by atoms with Gasteiger partial charge < -0.3 is 5.32 Å². The topological polar surface area (TPSA) is 69.7 Å². The van der Waals surface area contributed by atoms with E-state index in [1.807, 2.05) is 31.2 Å². The summed E-state index contributed by atoms with van der Waals surface area (Å²) in [4.78, 5) is 12.9. The Hall–Kier alpha value is -1.44. The van der Waals surface area contributed by atoms with Gasteiger partial charge in [-0.25, -0.2) is 0 Å². The van der Waals surface area contributed by atoms with Gasteiger partial charge in [0.2, 0.25) is 5.91 Å². The highest BCUT2D eigenvalue weighted by molar-refractivity contribution is 7.86. The Morgan fingerprint density at radius 1 is 1.27 bits per heavy atom. The molecule has 1 aliphatic heterocycles. The minimum atomic E-state index is -3.48. The number of carbonyl (C=O) groups is 1. The van der Waals surface area contributed by atoms with E-state index in [2.05, 4.69) is 19.2 Å². The Balaban J connectivity index is 2.13. The van der Waals surface area contributed by atoms with Crippen molar-refractivity contribution in [3.63, 3.8) is 0 Å². The van der Waals surface area contributed by atoms with Gasteiger partial charge in [-0.1, -0.05) is 38.1 Å². The van der Waals surface area contributed by atoms with Crippen molar-refractivity contribution in [1.29, 1.82) is 0 Å². The maximum absolute atomic E-state index is 12.9. The number of benzene rings is 1. The third-order valence-electron chi connectivity index (χ3n) is 5.03. The fourth-order valence-electron chi connectivity index (χ4n) is 3.41. The van der Waals surface area contributed by atoms with E-state index in [1.165, 1.54) is 22.7 Å². The number of carbonyl (C=O) groups excluding carboxylic acids is 1. The van der Waals surface area contributed by atoms with Gasteiger partial charge in [-0.2, -0.15) is 17.0 Å². The molecule has 0 radical (unpaired) electrons. The van der Waals surface area contributed by atoms with E-state index in [-0.39, 0.29) is 30.3 Å². The Kier molecular flexibility index (Phi) is 6.82. The van der Waals surface area contributed by atoms with Gasteiger partial charge in [0.25, 0.3) is 10.2 Å². The minimum Gasteiger partial charge on any atom is -0.349 e. The van der Waals surface area contributed by atoms with E-state index in [9.17, 15) is 13.2 Å². The molecule has 0 bridgehead atoms. The Morgan fingerprint density at radius 3 is 2.50 bits per heavy atom. The zero-order chi connectivity index (χ0) is 19.5. The zero-order valence-corrected chi connectivity index (χ0v) is 17.2. The molecule has 0 aromatic heterocycles. The second kappa shape index (κ2) is 8.50. The number of aryl methyl sites for hydroxylation is 1. The van der Waals surface area contributed by atoms with E-state index in [1.54, 1.807) is 0 Å². The first-order valence-corrected chi connectivity index (χ1v) is 10.6. The molecule has 2 unspecified atom stereocenters. The molecule has 0 spiro atoms. The van der Waals surface area contributed by atoms with Crippen molar-refractivity contribution >= 4 is 16.1 Å². The molecule has 26 heavy (non-hydrogen) atoms. The van der Waals surface area contributed by atoms with Gasteiger partial charge in [-0.3, -0.25) is 4.79 Å². The summed E-state index contributed by atoms with van der Waals surface area (Å²) in [5.41, 5.74) is 2.26. The zero-order valence-electron chi connectivity index (χ0n) is 16.4. The van der Waals surface area contributed by atoms with Crippen molar-refractivity contribution in [2.45, 2.75) is 39.7 Å². The van der Waals surface area contributed by atoms with Crippen molar-refractivity contribution in [1.82, 2.24) is 13.9 Å². The number of nitrogens with one attached hydrogen (secondary N) is 1. The van der Waals surface area contributed by atoms with E-state index in [0.29, 0.717) is 19.4 Å². The number of rotatable bonds is 6. The maximum Gasteiger partial charge on any atom is 0.281 e. The summed E-state index contributed by atoms with van der Waals surface area (Å²) in [6.45, 7) is 6.92. The Morgan fingerprint density at radius 2 is 1.92 bits per heavy atom. The molecule has 1 fully saturated rings. The van der Waals surface area contributed by atoms with Crippen LogP contribution < -0.4 is 5.32 Å². The first-order chi connectivity index (χ1) is 12.1. The molecule has 1 aromatic carbocycles. The molecule has 1 N–H and O–H groups in total. The first-order valence-electron chi connectivity index (χ1n) is 9.18. The standard InChI is InChI=1S/C19H31N3O3S/c1-14(2)18(17-11-7-6-9-15(17)3)20-19(23)16-10-8-12-22(13-16)26(24,25)21(4)5/h6-7,9,11,14,16,18H,8,10,12-13H2,1-5H3,(H,20,23). The minimum absolute atomic E-state index is 0.0643. The molecular formula is C19H31N3O3S. The Bertz CT molecular complexity index is 731. The third-order valence-corrected chi connectivity index (χ3v) is 6.94. The molecule has 146 valence electrons. The van der Waals surface area contributed by atoms with Gasteiger partial charge in [-0.15, -0.1) is 0 Å². The monoisotopic (exact) mass is 381 g/mol. The fraction of sp³-hybridized carbons (Fsp3) is 0.632. The molecule has 2 rings (SSSR count). The van der Waals surface area contributed by atoms with Crippen LogP contribution in [0.4, 0.5) is 0 Å². The predicted molar refractivity (Wildman–Crippen MR) is 104 cm³/mol. The van der Waals surface area contributed by atoms with Gasteiger partial charge in [0, 0.05) is 27.2 Å². The summed E-state index contributed by atoms with van der Waals surface area (Å²) in [6.07, 6.45) is 1.41. The van der Waals surface area contributed by atoms with Gasteiger partial charge in [0.05, 0.1) is 12.0 Å². The van der Waals surface area contributed by atoms with Crippen molar-refractivity contribution in [2.75, 3.05) is 27.2 Å². The van der Waals surface area contributed by atoms with Gasteiger partial charge in [-0.05, 0) is 36.8 Å². The number of piperidine rings is 1. The summed E-state index contributed by atoms with van der Waals surface area (Å²) in [6, 6.07) is 7.98. The van der Waals surface area contributed by atoms with Crippen molar-refractivity contribution in [3.05, 3.63) is 35.4 Å². The lowest BCUT2D eigenvalue weighted by Gasteiger charge is -2.34. The largest absolute Gasteiger partial charge is 0.349 e. The molecule has 1 aliphatic rings. The normalized spacial score (nSPS) is 20.3. The summed E-state index contributed by atoms with van der Waals surface area (Å²) < 4.78 is 27.4. The van der Waals surface area contributed by atoms with Crippen LogP contribution in [0.1, 0.15) is 43.9 Å². The smallest absolute Gasteiger partial charge is 0.281 e. The second-order valence-corrected chi connectivity index (χ2v) is 9.72. The van der Waals surface area contributed by atoms with E-state index >= 15 is 0 Å². The van der Waals surface area contributed by atoms with Crippen LogP contribution >= 0.6 is 0 Å². The number of nitrogens with zero attached hydrogens (tertiary/aromatic N) is 2. The summed E-state index contributed by atoms with van der Waals surface area (Å²) in [5.74, 6) is -0.139. The van der Waals surface area contributed by atoms with Gasteiger partial charge in [0.1, 0.15) is 0 Å². The highest BCUT2D eigenvalue weighted by Gasteiger charge is 2.34. The number of hydrogen-bond acceptors (Lipinski definition) is 3. The lowest BCUT2D eigenvalue weighted by Crippen LogP contribution is -2.49. The molecule has 1 heterocycles. The van der Waals surface area contributed by atoms with Gasteiger partial charge in [0.15, 0.2) is 0 Å². The molecule has 6 nitrogen and oxygen atoms in total. The molecule has 2 atom stereocenters. The SMILES string of the molecule is Cc1ccccc1C(NC(=O)C1CCCN(S(=O)(=O)N(C)C)C1)C(C)C. The highest BCUT2D eigenvalue weighted by atomic mass is 32.2. The third kappa shape index (κ3) is 4.64. The Labute approximate surface area is 157 Å². The molecule has 0 saturated carbocycles. The van der Waals surface area contributed by atoms with E-state index in [4.69, 9.17) is 0 Å². The predicted octanol–water partition coefficient (Wildman–Crippen LogP) is 2.33. The average Bonchev–Trinajstić information content (AvgIpc) is 2.60. The first kappa shape index (κ1) is 20.9. The maximum atomic E-state index is 12.9. The number of hydrogen-bond donors (Lipinski definition) is 1. The number of amides is 1. The van der Waals surface area contributed by atoms with Crippen LogP contribution in [0.15, 0.2) is 24.3 Å². The summed E-state index contributed by atoms with van der Waals surface area (Å²) >= 11 is 0. The van der Waals surface area contributed by atoms with Crippen molar-refractivity contribution < 1.29 is 13.2 Å². The van der Waals surface area contributed by atoms with Crippen LogP contribution in [0.3, 0.4) is 0 Å². The lowest BCUT2D eigenvalue weighted by molar-refractivity contribution is -0.127. The van der Waals surface area contributed by atoms with Crippen LogP contribution in [-0.4, -0.2) is 50.1 Å². The lowest BCUT2D eigenvalue weighted by atomic mass is 9.91. The van der Waals surface area contributed by atoms with E-state index in [0.717, 1.165) is 11.1 Å². The summed E-state index contributed by atoms with van der Waals surface area (Å²) in [7, 11) is -0.444. The average molecular weight is 382 g/mol. The van der Waals surface area contributed by atoms with Crippen LogP contribution in [0, 0.1) is 18.8 Å². The van der Waals surface area contributed by atoms with Crippen LogP contribution in [0.25, 0.3) is 0 Å². The summed E-state index contributed by atoms with van der Waals surface area (Å²) in [5, 5.41) is 3.17.